The Morgan fingerprint density at radius 3 is 1.16 bits per heavy atom. The summed E-state index contributed by atoms with van der Waals surface area (Å²) in [5.41, 5.74) is 9.08. The van der Waals surface area contributed by atoms with Crippen molar-refractivity contribution in [3.05, 3.63) is 71.8 Å². The molecule has 0 amide bonds. The van der Waals surface area contributed by atoms with Crippen molar-refractivity contribution in [1.29, 1.82) is 0 Å². The van der Waals surface area contributed by atoms with Crippen LogP contribution in [0.15, 0.2) is 60.7 Å². The third-order valence-electron chi connectivity index (χ3n) is 6.75. The summed E-state index contributed by atoms with van der Waals surface area (Å²) in [5.74, 6) is 0. The average Bonchev–Trinajstić information content (AvgIpc) is 2.82. The van der Waals surface area contributed by atoms with Crippen LogP contribution in [0.4, 0.5) is 0 Å². The summed E-state index contributed by atoms with van der Waals surface area (Å²) in [6, 6.07) is 21.3. The molecule has 0 aliphatic rings. The minimum absolute atomic E-state index is 0.376. The van der Waals surface area contributed by atoms with Crippen molar-refractivity contribution in [2.75, 3.05) is 0 Å². The second-order valence-corrected chi connectivity index (χ2v) is 9.40. The molecule has 0 radical (unpaired) electrons. The van der Waals surface area contributed by atoms with Crippen molar-refractivity contribution < 1.29 is 0 Å². The Morgan fingerprint density at radius 1 is 0.484 bits per heavy atom. The molecular weight excluding hydrogens is 374 g/mol. The van der Waals surface area contributed by atoms with Gasteiger partial charge in [-0.25, -0.2) is 0 Å². The maximum Gasteiger partial charge on any atom is 0.0665 e. The predicted octanol–water partition coefficient (Wildman–Crippen LogP) is 9.15. The van der Waals surface area contributed by atoms with Crippen molar-refractivity contribution in [3.8, 4) is 0 Å². The van der Waals surface area contributed by atoms with Crippen LogP contribution in [-0.4, -0.2) is 0 Å². The minimum Gasteiger partial charge on any atom is -0.318 e. The highest BCUT2D eigenvalue weighted by atomic mass is 14.7. The Balaban J connectivity index is 1.56. The lowest BCUT2D eigenvalue weighted by Gasteiger charge is -2.31. The number of hydrogen-bond acceptors (Lipinski definition) is 1. The summed E-state index contributed by atoms with van der Waals surface area (Å²) in [6.45, 7) is 2.29. The largest absolute Gasteiger partial charge is 0.318 e. The van der Waals surface area contributed by atoms with E-state index in [0.717, 1.165) is 6.42 Å². The Hall–Kier alpha value is -1.60. The van der Waals surface area contributed by atoms with Gasteiger partial charge in [0, 0.05) is 0 Å². The van der Waals surface area contributed by atoms with Crippen LogP contribution in [0.2, 0.25) is 0 Å². The van der Waals surface area contributed by atoms with Gasteiger partial charge in [-0.3, -0.25) is 0 Å². The summed E-state index contributed by atoms with van der Waals surface area (Å²) in [7, 11) is 0. The predicted molar refractivity (Wildman–Crippen MR) is 137 cm³/mol. The van der Waals surface area contributed by atoms with E-state index >= 15 is 0 Å². The molecule has 0 bridgehead atoms. The van der Waals surface area contributed by atoms with Gasteiger partial charge >= 0.3 is 0 Å². The Labute approximate surface area is 192 Å². The third kappa shape index (κ3) is 10.0. The second kappa shape index (κ2) is 16.1. The van der Waals surface area contributed by atoms with Gasteiger partial charge in [-0.2, -0.15) is 0 Å². The van der Waals surface area contributed by atoms with Crippen molar-refractivity contribution in [1.82, 2.24) is 0 Å². The molecule has 31 heavy (non-hydrogen) atoms. The highest BCUT2D eigenvalue weighted by molar-refractivity contribution is 5.37. The maximum absolute atomic E-state index is 6.99. The van der Waals surface area contributed by atoms with E-state index in [2.05, 4.69) is 67.6 Å². The summed E-state index contributed by atoms with van der Waals surface area (Å²) < 4.78 is 0. The van der Waals surface area contributed by atoms with E-state index in [1.165, 1.54) is 107 Å². The van der Waals surface area contributed by atoms with Crippen molar-refractivity contribution in [3.63, 3.8) is 0 Å². The fraction of sp³-hybridized carbons (Fsp3) is 0.600. The van der Waals surface area contributed by atoms with E-state index in [1.54, 1.807) is 0 Å². The molecule has 2 aromatic carbocycles. The molecule has 0 saturated heterocycles. The van der Waals surface area contributed by atoms with Gasteiger partial charge in [0.1, 0.15) is 0 Å². The van der Waals surface area contributed by atoms with E-state index in [9.17, 15) is 0 Å². The molecule has 0 atom stereocenters. The number of nitrogens with two attached hydrogens (primary N) is 1. The molecule has 0 fully saturated rings. The fourth-order valence-corrected chi connectivity index (χ4v) is 4.70. The molecule has 0 spiro atoms. The SMILES string of the molecule is CCCCCCCCCCCCCCCCCC(N)(c1ccccc1)c1ccccc1. The van der Waals surface area contributed by atoms with Crippen LogP contribution in [0.1, 0.15) is 121 Å². The van der Waals surface area contributed by atoms with E-state index < -0.39 is 0 Å². The molecule has 2 rings (SSSR count). The highest BCUT2D eigenvalue weighted by Gasteiger charge is 2.28. The smallest absolute Gasteiger partial charge is 0.0665 e. The normalized spacial score (nSPS) is 11.7. The quantitative estimate of drug-likeness (QED) is 0.238. The minimum atomic E-state index is -0.376. The van der Waals surface area contributed by atoms with Crippen LogP contribution in [0.5, 0.6) is 0 Å². The summed E-state index contributed by atoms with van der Waals surface area (Å²) in [5, 5.41) is 0. The first-order chi connectivity index (χ1) is 15.3. The molecule has 1 heteroatoms. The van der Waals surface area contributed by atoms with Crippen LogP contribution >= 0.6 is 0 Å². The van der Waals surface area contributed by atoms with Crippen LogP contribution in [0, 0.1) is 0 Å². The Kier molecular flexibility index (Phi) is 13.3. The molecule has 2 N–H and O–H groups in total. The zero-order valence-electron chi connectivity index (χ0n) is 20.2. The standard InChI is InChI=1S/C30H47N/c1-2-3-4-5-6-7-8-9-10-11-12-13-14-15-22-27-30(31,28-23-18-16-19-24-28)29-25-20-17-21-26-29/h16-21,23-26H,2-15,22,27,31H2,1H3. The molecule has 1 nitrogen and oxygen atoms in total. The molecule has 172 valence electrons. The van der Waals surface area contributed by atoms with Crippen LogP contribution in [0.25, 0.3) is 0 Å². The molecule has 0 heterocycles. The Morgan fingerprint density at radius 2 is 0.806 bits per heavy atom. The van der Waals surface area contributed by atoms with Gasteiger partial charge in [-0.1, -0.05) is 164 Å². The highest BCUT2D eigenvalue weighted by Crippen LogP contribution is 2.32. The van der Waals surface area contributed by atoms with Crippen molar-refractivity contribution in [2.24, 2.45) is 5.73 Å². The molecule has 0 aromatic heterocycles. The molecule has 0 saturated carbocycles. The van der Waals surface area contributed by atoms with Gasteiger partial charge in [0.15, 0.2) is 0 Å². The summed E-state index contributed by atoms with van der Waals surface area (Å²) in [6.07, 6.45) is 21.9. The number of benzene rings is 2. The summed E-state index contributed by atoms with van der Waals surface area (Å²) in [4.78, 5) is 0. The van der Waals surface area contributed by atoms with E-state index in [0.29, 0.717) is 0 Å². The van der Waals surface area contributed by atoms with Crippen LogP contribution in [-0.2, 0) is 5.54 Å². The summed E-state index contributed by atoms with van der Waals surface area (Å²) >= 11 is 0. The first-order valence-electron chi connectivity index (χ1n) is 13.2. The zero-order valence-corrected chi connectivity index (χ0v) is 20.2. The second-order valence-electron chi connectivity index (χ2n) is 9.40. The maximum atomic E-state index is 6.99. The van der Waals surface area contributed by atoms with Gasteiger partial charge < -0.3 is 5.73 Å². The number of hydrogen-bond donors (Lipinski definition) is 1. The Bertz CT molecular complexity index is 609. The van der Waals surface area contributed by atoms with Crippen LogP contribution < -0.4 is 5.73 Å². The molecule has 0 aliphatic carbocycles. The van der Waals surface area contributed by atoms with Crippen molar-refractivity contribution >= 4 is 0 Å². The monoisotopic (exact) mass is 421 g/mol. The first kappa shape index (κ1) is 25.7. The average molecular weight is 422 g/mol. The lowest BCUT2D eigenvalue weighted by molar-refractivity contribution is 0.450. The first-order valence-corrected chi connectivity index (χ1v) is 13.2. The van der Waals surface area contributed by atoms with Crippen LogP contribution in [0.3, 0.4) is 0 Å². The van der Waals surface area contributed by atoms with Gasteiger partial charge in [-0.15, -0.1) is 0 Å². The van der Waals surface area contributed by atoms with Gasteiger partial charge in [0.05, 0.1) is 5.54 Å². The van der Waals surface area contributed by atoms with Crippen molar-refractivity contribution in [2.45, 2.75) is 115 Å². The van der Waals surface area contributed by atoms with E-state index in [-0.39, 0.29) is 5.54 Å². The molecule has 2 aromatic rings. The lowest BCUT2D eigenvalue weighted by Crippen LogP contribution is -2.37. The number of rotatable bonds is 18. The molecule has 0 aliphatic heterocycles. The zero-order chi connectivity index (χ0) is 22.0. The molecular formula is C30H47N. The topological polar surface area (TPSA) is 26.0 Å². The van der Waals surface area contributed by atoms with Gasteiger partial charge in [-0.05, 0) is 17.5 Å². The van der Waals surface area contributed by atoms with Gasteiger partial charge in [0.2, 0.25) is 0 Å². The lowest BCUT2D eigenvalue weighted by atomic mass is 9.79. The number of unbranched alkanes of at least 4 members (excludes halogenated alkanes) is 14. The van der Waals surface area contributed by atoms with Gasteiger partial charge in [0.25, 0.3) is 0 Å². The fourth-order valence-electron chi connectivity index (χ4n) is 4.70. The van der Waals surface area contributed by atoms with E-state index in [1.807, 2.05) is 0 Å². The third-order valence-corrected chi connectivity index (χ3v) is 6.75. The molecule has 0 unspecified atom stereocenters. The van der Waals surface area contributed by atoms with E-state index in [4.69, 9.17) is 5.73 Å².